The summed E-state index contributed by atoms with van der Waals surface area (Å²) in [6.07, 6.45) is 0.903. The zero-order valence-electron chi connectivity index (χ0n) is 15.4. The molecule has 1 heterocycles. The molecular formula is C18H27ClN4O3. The Bertz CT molecular complexity index is 875. The number of hydrogen-bond acceptors (Lipinski definition) is 4. The Labute approximate surface area is 158 Å². The molecule has 8 heteroatoms. The Morgan fingerprint density at radius 2 is 1.96 bits per heavy atom. The van der Waals surface area contributed by atoms with Gasteiger partial charge >= 0.3 is 5.69 Å². The molecule has 1 amide bonds. The number of carbonyl (C=O) groups is 1. The zero-order valence-corrected chi connectivity index (χ0v) is 16.2. The van der Waals surface area contributed by atoms with Gasteiger partial charge in [-0.15, -0.1) is 12.4 Å². The Morgan fingerprint density at radius 1 is 1.31 bits per heavy atom. The maximum atomic E-state index is 12.3. The average molecular weight is 383 g/mol. The van der Waals surface area contributed by atoms with E-state index < -0.39 is 16.8 Å². The number of carbonyl (C=O) groups excluding carboxylic acids is 1. The molecule has 0 spiro atoms. The Morgan fingerprint density at radius 3 is 2.58 bits per heavy atom. The molecule has 0 saturated carbocycles. The average Bonchev–Trinajstić information content (AvgIpc) is 2.53. The van der Waals surface area contributed by atoms with E-state index in [1.54, 1.807) is 24.3 Å². The molecule has 0 aliphatic carbocycles. The van der Waals surface area contributed by atoms with Crippen molar-refractivity contribution in [2.45, 2.75) is 45.7 Å². The molecule has 1 atom stereocenters. The van der Waals surface area contributed by atoms with Crippen LogP contribution in [0.2, 0.25) is 0 Å². The minimum absolute atomic E-state index is 0. The van der Waals surface area contributed by atoms with Gasteiger partial charge in [-0.3, -0.25) is 19.1 Å². The second-order valence-corrected chi connectivity index (χ2v) is 7.09. The van der Waals surface area contributed by atoms with Crippen LogP contribution >= 0.6 is 12.4 Å². The molecule has 4 N–H and O–H groups in total. The molecule has 26 heavy (non-hydrogen) atoms. The summed E-state index contributed by atoms with van der Waals surface area (Å²) in [4.78, 5) is 38.6. The third-order valence-electron chi connectivity index (χ3n) is 4.22. The lowest BCUT2D eigenvalue weighted by Gasteiger charge is -2.31. The summed E-state index contributed by atoms with van der Waals surface area (Å²) in [5, 5.41) is 3.40. The highest BCUT2D eigenvalue weighted by Gasteiger charge is 2.25. The predicted molar refractivity (Wildman–Crippen MR) is 106 cm³/mol. The van der Waals surface area contributed by atoms with Crippen LogP contribution in [-0.2, 0) is 11.3 Å². The first-order chi connectivity index (χ1) is 11.8. The summed E-state index contributed by atoms with van der Waals surface area (Å²) in [5.41, 5.74) is 4.93. The highest BCUT2D eigenvalue weighted by atomic mass is 35.5. The first-order valence-electron chi connectivity index (χ1n) is 8.49. The molecule has 1 aromatic carbocycles. The number of halogens is 1. The van der Waals surface area contributed by atoms with E-state index in [1.165, 1.54) is 4.57 Å². The van der Waals surface area contributed by atoms with E-state index in [2.05, 4.69) is 24.1 Å². The standard InChI is InChI=1S/C18H26N4O3.ClH/c1-12(2)10-18(3,11-19)21-15(23)8-9-22-14-7-5-4-6-13(14)16(24)20-17(22)25;/h4-7,12H,8-11,19H2,1-3H3,(H,21,23)(H,20,24,25);1H. The Balaban J connectivity index is 0.00000338. The minimum Gasteiger partial charge on any atom is -0.350 e. The van der Waals surface area contributed by atoms with Crippen molar-refractivity contribution in [2.75, 3.05) is 6.54 Å². The third-order valence-corrected chi connectivity index (χ3v) is 4.22. The van der Waals surface area contributed by atoms with Gasteiger partial charge in [0.25, 0.3) is 5.56 Å². The van der Waals surface area contributed by atoms with E-state index in [9.17, 15) is 14.4 Å². The predicted octanol–water partition coefficient (Wildman–Crippen LogP) is 1.38. The summed E-state index contributed by atoms with van der Waals surface area (Å²) in [5.74, 6) is 0.232. The lowest BCUT2D eigenvalue weighted by molar-refractivity contribution is -0.123. The number of nitrogens with one attached hydrogen (secondary N) is 2. The normalized spacial score (nSPS) is 13.3. The summed E-state index contributed by atoms with van der Waals surface area (Å²) in [7, 11) is 0. The van der Waals surface area contributed by atoms with E-state index in [1.807, 2.05) is 6.92 Å². The number of para-hydroxylation sites is 1. The van der Waals surface area contributed by atoms with Gasteiger partial charge in [0, 0.05) is 25.0 Å². The van der Waals surface area contributed by atoms with Gasteiger partial charge in [0.2, 0.25) is 5.91 Å². The number of fused-ring (bicyclic) bond motifs is 1. The van der Waals surface area contributed by atoms with Crippen LogP contribution in [0.4, 0.5) is 0 Å². The fourth-order valence-electron chi connectivity index (χ4n) is 3.16. The Hall–Kier alpha value is -2.12. The monoisotopic (exact) mass is 382 g/mol. The van der Waals surface area contributed by atoms with Crippen LogP contribution in [-0.4, -0.2) is 27.5 Å². The van der Waals surface area contributed by atoms with Gasteiger partial charge in [-0.05, 0) is 31.4 Å². The van der Waals surface area contributed by atoms with Crippen molar-refractivity contribution < 1.29 is 4.79 Å². The second-order valence-electron chi connectivity index (χ2n) is 7.09. The van der Waals surface area contributed by atoms with Gasteiger partial charge in [-0.25, -0.2) is 4.79 Å². The van der Waals surface area contributed by atoms with Crippen molar-refractivity contribution in [1.29, 1.82) is 0 Å². The molecule has 144 valence electrons. The number of rotatable bonds is 7. The third kappa shape index (κ3) is 5.19. The molecule has 0 aliphatic rings. The van der Waals surface area contributed by atoms with Crippen molar-refractivity contribution in [3.8, 4) is 0 Å². The lowest BCUT2D eigenvalue weighted by Crippen LogP contribution is -2.52. The number of H-pyrrole nitrogens is 1. The summed E-state index contributed by atoms with van der Waals surface area (Å²) in [6.45, 7) is 6.60. The van der Waals surface area contributed by atoms with Crippen LogP contribution in [0.1, 0.15) is 33.6 Å². The van der Waals surface area contributed by atoms with Crippen molar-refractivity contribution in [3.05, 3.63) is 45.1 Å². The Kier molecular flexibility index (Phi) is 7.59. The number of aromatic nitrogens is 2. The van der Waals surface area contributed by atoms with Crippen LogP contribution in [0.15, 0.2) is 33.9 Å². The number of aromatic amines is 1. The number of nitrogens with two attached hydrogens (primary N) is 1. The van der Waals surface area contributed by atoms with E-state index in [-0.39, 0.29) is 31.3 Å². The number of hydrogen-bond donors (Lipinski definition) is 3. The molecule has 0 aliphatic heterocycles. The molecule has 0 saturated heterocycles. The van der Waals surface area contributed by atoms with Crippen molar-refractivity contribution in [2.24, 2.45) is 11.7 Å². The van der Waals surface area contributed by atoms with Gasteiger partial charge in [0.05, 0.1) is 10.9 Å². The molecule has 7 nitrogen and oxygen atoms in total. The topological polar surface area (TPSA) is 110 Å². The molecule has 2 rings (SSSR count). The smallest absolute Gasteiger partial charge is 0.328 e. The molecule has 0 fully saturated rings. The van der Waals surface area contributed by atoms with Crippen LogP contribution < -0.4 is 22.3 Å². The van der Waals surface area contributed by atoms with Crippen LogP contribution in [0.5, 0.6) is 0 Å². The van der Waals surface area contributed by atoms with Crippen LogP contribution in [0, 0.1) is 5.92 Å². The molecule has 0 radical (unpaired) electrons. The van der Waals surface area contributed by atoms with Gasteiger partial charge in [0.1, 0.15) is 0 Å². The van der Waals surface area contributed by atoms with E-state index in [0.717, 1.165) is 6.42 Å². The molecule has 0 bridgehead atoms. The zero-order chi connectivity index (χ0) is 18.6. The number of nitrogens with zero attached hydrogens (tertiary/aromatic N) is 1. The maximum absolute atomic E-state index is 12.3. The first-order valence-corrected chi connectivity index (χ1v) is 8.49. The van der Waals surface area contributed by atoms with Gasteiger partial charge in [0.15, 0.2) is 0 Å². The fraction of sp³-hybridized carbons (Fsp3) is 0.500. The quantitative estimate of drug-likeness (QED) is 0.671. The van der Waals surface area contributed by atoms with E-state index >= 15 is 0 Å². The van der Waals surface area contributed by atoms with E-state index in [4.69, 9.17) is 5.73 Å². The molecular weight excluding hydrogens is 356 g/mol. The number of benzene rings is 1. The van der Waals surface area contributed by atoms with Crippen molar-refractivity contribution >= 4 is 29.2 Å². The van der Waals surface area contributed by atoms with Gasteiger partial charge in [-0.1, -0.05) is 26.0 Å². The highest BCUT2D eigenvalue weighted by molar-refractivity contribution is 5.85. The summed E-state index contributed by atoms with van der Waals surface area (Å²) < 4.78 is 1.42. The summed E-state index contributed by atoms with van der Waals surface area (Å²) in [6, 6.07) is 6.84. The SMILES string of the molecule is CC(C)CC(C)(CN)NC(=O)CCn1c(=O)[nH]c(=O)c2ccccc21.Cl. The highest BCUT2D eigenvalue weighted by Crippen LogP contribution is 2.15. The lowest BCUT2D eigenvalue weighted by atomic mass is 9.90. The molecule has 1 unspecified atom stereocenters. The first kappa shape index (κ1) is 21.9. The molecule has 2 aromatic rings. The maximum Gasteiger partial charge on any atom is 0.328 e. The van der Waals surface area contributed by atoms with Crippen LogP contribution in [0.3, 0.4) is 0 Å². The number of aryl methyl sites for hydroxylation is 1. The van der Waals surface area contributed by atoms with Gasteiger partial charge in [-0.2, -0.15) is 0 Å². The van der Waals surface area contributed by atoms with Crippen LogP contribution in [0.25, 0.3) is 10.9 Å². The summed E-state index contributed by atoms with van der Waals surface area (Å²) >= 11 is 0. The molecule has 1 aromatic heterocycles. The van der Waals surface area contributed by atoms with Crippen molar-refractivity contribution in [1.82, 2.24) is 14.9 Å². The largest absolute Gasteiger partial charge is 0.350 e. The number of amides is 1. The van der Waals surface area contributed by atoms with E-state index in [0.29, 0.717) is 23.4 Å². The fourth-order valence-corrected chi connectivity index (χ4v) is 3.16. The van der Waals surface area contributed by atoms with Crippen molar-refractivity contribution in [3.63, 3.8) is 0 Å². The minimum atomic E-state index is -0.514. The second kappa shape index (κ2) is 9.00. The van der Waals surface area contributed by atoms with Gasteiger partial charge < -0.3 is 11.1 Å².